The standard InChI is InChI=1S/C17H20N4/c1-3-13-10-16(21(4-2)20-13)17(18)14-7-5-6-12-8-9-19-11-15(12)14/h5-11,17H,3-4,18H2,1-2H3. The average Bonchev–Trinajstić information content (AvgIpc) is 2.97. The van der Waals surface area contributed by atoms with Crippen LogP contribution >= 0.6 is 0 Å². The molecule has 1 unspecified atom stereocenters. The quantitative estimate of drug-likeness (QED) is 0.799. The smallest absolute Gasteiger partial charge is 0.0729 e. The molecular weight excluding hydrogens is 260 g/mol. The second-order valence-electron chi connectivity index (χ2n) is 5.15. The molecule has 0 saturated heterocycles. The van der Waals surface area contributed by atoms with E-state index in [4.69, 9.17) is 5.73 Å². The summed E-state index contributed by atoms with van der Waals surface area (Å²) in [5.74, 6) is 0. The first-order chi connectivity index (χ1) is 10.2. The van der Waals surface area contributed by atoms with Crippen LogP contribution in [0.3, 0.4) is 0 Å². The second kappa shape index (κ2) is 5.66. The zero-order valence-corrected chi connectivity index (χ0v) is 12.5. The van der Waals surface area contributed by atoms with Crippen LogP contribution in [0.2, 0.25) is 0 Å². The highest BCUT2D eigenvalue weighted by atomic mass is 15.3. The van der Waals surface area contributed by atoms with Gasteiger partial charge in [-0.3, -0.25) is 9.67 Å². The van der Waals surface area contributed by atoms with E-state index in [-0.39, 0.29) is 6.04 Å². The predicted octanol–water partition coefficient (Wildman–Crippen LogP) is 3.06. The highest BCUT2D eigenvalue weighted by molar-refractivity contribution is 5.85. The second-order valence-corrected chi connectivity index (χ2v) is 5.15. The molecule has 2 heterocycles. The minimum atomic E-state index is -0.189. The van der Waals surface area contributed by atoms with Crippen LogP contribution in [0, 0.1) is 0 Å². The number of benzene rings is 1. The Morgan fingerprint density at radius 2 is 2.10 bits per heavy atom. The Kier molecular flexibility index (Phi) is 3.71. The van der Waals surface area contributed by atoms with Crippen LogP contribution in [-0.4, -0.2) is 14.8 Å². The van der Waals surface area contributed by atoms with Gasteiger partial charge in [-0.1, -0.05) is 25.1 Å². The number of nitrogens with two attached hydrogens (primary N) is 1. The molecule has 0 saturated carbocycles. The summed E-state index contributed by atoms with van der Waals surface area (Å²) in [6.07, 6.45) is 4.62. The number of aromatic nitrogens is 3. The van der Waals surface area contributed by atoms with Gasteiger partial charge < -0.3 is 5.73 Å². The van der Waals surface area contributed by atoms with Crippen molar-refractivity contribution in [2.24, 2.45) is 5.73 Å². The van der Waals surface area contributed by atoms with E-state index in [9.17, 15) is 0 Å². The van der Waals surface area contributed by atoms with Crippen LogP contribution in [0.4, 0.5) is 0 Å². The summed E-state index contributed by atoms with van der Waals surface area (Å²) in [4.78, 5) is 4.24. The fourth-order valence-electron chi connectivity index (χ4n) is 2.73. The van der Waals surface area contributed by atoms with Gasteiger partial charge in [0.25, 0.3) is 0 Å². The van der Waals surface area contributed by atoms with Crippen molar-refractivity contribution in [1.82, 2.24) is 14.8 Å². The Bertz CT molecular complexity index is 755. The largest absolute Gasteiger partial charge is 0.319 e. The Morgan fingerprint density at radius 3 is 2.86 bits per heavy atom. The van der Waals surface area contributed by atoms with Gasteiger partial charge in [0, 0.05) is 24.3 Å². The molecule has 1 atom stereocenters. The first kappa shape index (κ1) is 13.8. The van der Waals surface area contributed by atoms with Crippen LogP contribution in [0.1, 0.15) is 36.8 Å². The molecule has 0 amide bonds. The Labute approximate surface area is 124 Å². The molecule has 3 rings (SSSR count). The van der Waals surface area contributed by atoms with Gasteiger partial charge in [0.1, 0.15) is 0 Å². The minimum Gasteiger partial charge on any atom is -0.319 e. The van der Waals surface area contributed by atoms with Gasteiger partial charge in [0.15, 0.2) is 0 Å². The van der Waals surface area contributed by atoms with Crippen LogP contribution in [0.25, 0.3) is 10.8 Å². The summed E-state index contributed by atoms with van der Waals surface area (Å²) in [6, 6.07) is 10.1. The molecule has 0 spiro atoms. The normalized spacial score (nSPS) is 12.7. The number of rotatable bonds is 4. The number of aryl methyl sites for hydroxylation is 2. The monoisotopic (exact) mass is 280 g/mol. The van der Waals surface area contributed by atoms with Crippen molar-refractivity contribution in [3.8, 4) is 0 Å². The molecule has 0 aliphatic carbocycles. The van der Waals surface area contributed by atoms with E-state index in [2.05, 4.69) is 42.1 Å². The van der Waals surface area contributed by atoms with E-state index in [1.54, 1.807) is 0 Å². The number of hydrogen-bond donors (Lipinski definition) is 1. The lowest BCUT2D eigenvalue weighted by Crippen LogP contribution is -2.17. The van der Waals surface area contributed by atoms with Crippen molar-refractivity contribution in [3.63, 3.8) is 0 Å². The molecule has 0 aliphatic heterocycles. The van der Waals surface area contributed by atoms with Crippen LogP contribution < -0.4 is 5.73 Å². The molecule has 21 heavy (non-hydrogen) atoms. The molecule has 2 N–H and O–H groups in total. The summed E-state index contributed by atoms with van der Waals surface area (Å²) in [6.45, 7) is 5.03. The molecular formula is C17H20N4. The maximum Gasteiger partial charge on any atom is 0.0729 e. The molecule has 4 nitrogen and oxygen atoms in total. The van der Waals surface area contributed by atoms with Gasteiger partial charge in [-0.25, -0.2) is 0 Å². The fraction of sp³-hybridized carbons (Fsp3) is 0.294. The summed E-state index contributed by atoms with van der Waals surface area (Å²) < 4.78 is 2.00. The van der Waals surface area contributed by atoms with Gasteiger partial charge in [-0.15, -0.1) is 0 Å². The van der Waals surface area contributed by atoms with Gasteiger partial charge in [-0.2, -0.15) is 5.10 Å². The Hall–Kier alpha value is -2.20. The lowest BCUT2D eigenvalue weighted by molar-refractivity contribution is 0.596. The van der Waals surface area contributed by atoms with E-state index in [0.717, 1.165) is 40.7 Å². The highest BCUT2D eigenvalue weighted by Crippen LogP contribution is 2.27. The zero-order valence-electron chi connectivity index (χ0n) is 12.5. The third-order valence-corrected chi connectivity index (χ3v) is 3.89. The molecule has 4 heteroatoms. The van der Waals surface area contributed by atoms with Gasteiger partial charge in [0.05, 0.1) is 17.4 Å². The molecule has 108 valence electrons. The Morgan fingerprint density at radius 1 is 1.24 bits per heavy atom. The van der Waals surface area contributed by atoms with E-state index in [1.807, 2.05) is 29.2 Å². The minimum absolute atomic E-state index is 0.189. The fourth-order valence-corrected chi connectivity index (χ4v) is 2.73. The lowest BCUT2D eigenvalue weighted by atomic mass is 9.98. The van der Waals surface area contributed by atoms with Gasteiger partial charge in [0.2, 0.25) is 0 Å². The highest BCUT2D eigenvalue weighted by Gasteiger charge is 2.17. The third-order valence-electron chi connectivity index (χ3n) is 3.89. The van der Waals surface area contributed by atoms with E-state index in [0.29, 0.717) is 0 Å². The van der Waals surface area contributed by atoms with Crippen molar-refractivity contribution in [2.75, 3.05) is 0 Å². The SMILES string of the molecule is CCc1cc(C(N)c2cccc3ccncc23)n(CC)n1. The molecule has 0 fully saturated rings. The molecule has 3 aromatic rings. The van der Waals surface area contributed by atoms with Crippen LogP contribution in [-0.2, 0) is 13.0 Å². The third kappa shape index (κ3) is 2.43. The molecule has 0 radical (unpaired) electrons. The molecule has 1 aromatic carbocycles. The van der Waals surface area contributed by atoms with Gasteiger partial charge in [-0.05, 0) is 36.4 Å². The van der Waals surface area contributed by atoms with E-state index in [1.165, 1.54) is 0 Å². The van der Waals surface area contributed by atoms with Crippen molar-refractivity contribution in [3.05, 3.63) is 59.7 Å². The maximum atomic E-state index is 6.54. The van der Waals surface area contributed by atoms with E-state index >= 15 is 0 Å². The molecule has 2 aromatic heterocycles. The first-order valence-corrected chi connectivity index (χ1v) is 7.39. The molecule has 0 bridgehead atoms. The van der Waals surface area contributed by atoms with E-state index < -0.39 is 0 Å². The maximum absolute atomic E-state index is 6.54. The predicted molar refractivity (Wildman–Crippen MR) is 85.1 cm³/mol. The summed E-state index contributed by atoms with van der Waals surface area (Å²) in [7, 11) is 0. The summed E-state index contributed by atoms with van der Waals surface area (Å²) in [5.41, 5.74) is 9.78. The van der Waals surface area contributed by atoms with Crippen LogP contribution in [0.15, 0.2) is 42.7 Å². The summed E-state index contributed by atoms with van der Waals surface area (Å²) >= 11 is 0. The molecule has 0 aliphatic rings. The van der Waals surface area contributed by atoms with Crippen molar-refractivity contribution in [1.29, 1.82) is 0 Å². The van der Waals surface area contributed by atoms with Crippen molar-refractivity contribution in [2.45, 2.75) is 32.9 Å². The lowest BCUT2D eigenvalue weighted by Gasteiger charge is -2.15. The number of pyridine rings is 1. The zero-order chi connectivity index (χ0) is 14.8. The number of nitrogens with zero attached hydrogens (tertiary/aromatic N) is 3. The summed E-state index contributed by atoms with van der Waals surface area (Å²) in [5, 5.41) is 6.86. The average molecular weight is 280 g/mol. The van der Waals surface area contributed by atoms with Crippen molar-refractivity contribution >= 4 is 10.8 Å². The Balaban J connectivity index is 2.12. The van der Waals surface area contributed by atoms with Crippen molar-refractivity contribution < 1.29 is 0 Å². The number of fused-ring (bicyclic) bond motifs is 1. The number of hydrogen-bond acceptors (Lipinski definition) is 3. The first-order valence-electron chi connectivity index (χ1n) is 7.39. The topological polar surface area (TPSA) is 56.7 Å². The van der Waals surface area contributed by atoms with Gasteiger partial charge >= 0.3 is 0 Å². The van der Waals surface area contributed by atoms with Crippen LogP contribution in [0.5, 0.6) is 0 Å².